The van der Waals surface area contributed by atoms with Crippen LogP contribution in [-0.4, -0.2) is 24.9 Å². The summed E-state index contributed by atoms with van der Waals surface area (Å²) in [7, 11) is 3.68. The Morgan fingerprint density at radius 1 is 1.21 bits per heavy atom. The first-order valence-corrected chi connectivity index (χ1v) is 5.61. The molecule has 14 heavy (non-hydrogen) atoms. The number of hydrogen-bond donors (Lipinski definition) is 0. The predicted octanol–water partition coefficient (Wildman–Crippen LogP) is 2.78. The maximum Gasteiger partial charge on any atom is 0.225 e. The Morgan fingerprint density at radius 2 is 1.71 bits per heavy atom. The molecule has 0 aromatic rings. The Hall–Kier alpha value is -0.530. The standard InChI is InChI=1S/C12H25NO/c1-7-10(4)8-11(9(2)3)12(14)13(5)6/h9-11H,7-8H2,1-6H3/t10-,11?/m0/s1. The molecule has 0 aliphatic heterocycles. The average Bonchev–Trinajstić information content (AvgIpc) is 2.11. The van der Waals surface area contributed by atoms with E-state index in [1.165, 1.54) is 0 Å². The molecule has 0 fully saturated rings. The molecule has 2 atom stereocenters. The van der Waals surface area contributed by atoms with Gasteiger partial charge in [0.1, 0.15) is 0 Å². The van der Waals surface area contributed by atoms with E-state index in [1.54, 1.807) is 4.90 Å². The quantitative estimate of drug-likeness (QED) is 0.666. The summed E-state index contributed by atoms with van der Waals surface area (Å²) in [6.07, 6.45) is 2.18. The third-order valence-electron chi connectivity index (χ3n) is 2.92. The molecule has 0 aliphatic carbocycles. The van der Waals surface area contributed by atoms with Gasteiger partial charge in [0.2, 0.25) is 5.91 Å². The van der Waals surface area contributed by atoms with Gasteiger partial charge >= 0.3 is 0 Å². The second-order valence-corrected chi connectivity index (χ2v) is 4.83. The SMILES string of the molecule is CC[C@H](C)CC(C(=O)N(C)C)C(C)C. The Morgan fingerprint density at radius 3 is 2.00 bits per heavy atom. The molecule has 0 radical (unpaired) electrons. The van der Waals surface area contributed by atoms with E-state index in [4.69, 9.17) is 0 Å². The monoisotopic (exact) mass is 199 g/mol. The maximum absolute atomic E-state index is 11.9. The Labute approximate surface area is 88.7 Å². The summed E-state index contributed by atoms with van der Waals surface area (Å²) in [5.74, 6) is 1.56. The summed E-state index contributed by atoms with van der Waals surface area (Å²) >= 11 is 0. The zero-order valence-corrected chi connectivity index (χ0v) is 10.5. The highest BCUT2D eigenvalue weighted by Gasteiger charge is 2.24. The Kier molecular flexibility index (Phi) is 5.82. The van der Waals surface area contributed by atoms with E-state index in [9.17, 15) is 4.79 Å². The van der Waals surface area contributed by atoms with Crippen LogP contribution in [0.4, 0.5) is 0 Å². The fourth-order valence-electron chi connectivity index (χ4n) is 1.59. The highest BCUT2D eigenvalue weighted by Crippen LogP contribution is 2.23. The number of carbonyl (C=O) groups is 1. The van der Waals surface area contributed by atoms with E-state index in [-0.39, 0.29) is 11.8 Å². The van der Waals surface area contributed by atoms with Gasteiger partial charge in [-0.3, -0.25) is 4.79 Å². The average molecular weight is 199 g/mol. The topological polar surface area (TPSA) is 20.3 Å². The van der Waals surface area contributed by atoms with Gasteiger partial charge in [0, 0.05) is 20.0 Å². The summed E-state index contributed by atoms with van der Waals surface area (Å²) in [6, 6.07) is 0. The van der Waals surface area contributed by atoms with Gasteiger partial charge in [-0.05, 0) is 18.3 Å². The van der Waals surface area contributed by atoms with Gasteiger partial charge < -0.3 is 4.90 Å². The van der Waals surface area contributed by atoms with Crippen molar-refractivity contribution in [1.82, 2.24) is 4.90 Å². The fraction of sp³-hybridized carbons (Fsp3) is 0.917. The minimum Gasteiger partial charge on any atom is -0.349 e. The molecular weight excluding hydrogens is 174 g/mol. The van der Waals surface area contributed by atoms with Gasteiger partial charge in [0.25, 0.3) is 0 Å². The second-order valence-electron chi connectivity index (χ2n) is 4.83. The van der Waals surface area contributed by atoms with Crippen LogP contribution >= 0.6 is 0 Å². The lowest BCUT2D eigenvalue weighted by Gasteiger charge is -2.25. The van der Waals surface area contributed by atoms with Crippen molar-refractivity contribution in [2.24, 2.45) is 17.8 Å². The first-order chi connectivity index (χ1) is 6.40. The van der Waals surface area contributed by atoms with Crippen LogP contribution in [0.5, 0.6) is 0 Å². The summed E-state index contributed by atoms with van der Waals surface area (Å²) in [5.41, 5.74) is 0. The van der Waals surface area contributed by atoms with E-state index >= 15 is 0 Å². The van der Waals surface area contributed by atoms with E-state index in [2.05, 4.69) is 27.7 Å². The second kappa shape index (κ2) is 6.05. The molecule has 0 aromatic carbocycles. The highest BCUT2D eigenvalue weighted by atomic mass is 16.2. The van der Waals surface area contributed by atoms with Crippen molar-refractivity contribution in [3.63, 3.8) is 0 Å². The van der Waals surface area contributed by atoms with Crippen molar-refractivity contribution < 1.29 is 4.79 Å². The molecule has 1 unspecified atom stereocenters. The van der Waals surface area contributed by atoms with Crippen molar-refractivity contribution in [2.45, 2.75) is 40.5 Å². The summed E-state index contributed by atoms with van der Waals surface area (Å²) < 4.78 is 0. The molecule has 0 heterocycles. The highest BCUT2D eigenvalue weighted by molar-refractivity contribution is 5.78. The third-order valence-corrected chi connectivity index (χ3v) is 2.92. The molecule has 0 rings (SSSR count). The van der Waals surface area contributed by atoms with Crippen molar-refractivity contribution in [3.8, 4) is 0 Å². The van der Waals surface area contributed by atoms with Gasteiger partial charge in [-0.25, -0.2) is 0 Å². The lowest BCUT2D eigenvalue weighted by atomic mass is 9.85. The van der Waals surface area contributed by atoms with Crippen LogP contribution in [0.15, 0.2) is 0 Å². The van der Waals surface area contributed by atoms with Gasteiger partial charge in [0.15, 0.2) is 0 Å². The summed E-state index contributed by atoms with van der Waals surface area (Å²) in [6.45, 7) is 8.67. The molecule has 2 heteroatoms. The van der Waals surface area contributed by atoms with Crippen LogP contribution in [0.3, 0.4) is 0 Å². The fourth-order valence-corrected chi connectivity index (χ4v) is 1.59. The van der Waals surface area contributed by atoms with Crippen molar-refractivity contribution in [1.29, 1.82) is 0 Å². The molecule has 84 valence electrons. The Bertz CT molecular complexity index is 175. The zero-order valence-electron chi connectivity index (χ0n) is 10.5. The molecule has 1 amide bonds. The van der Waals surface area contributed by atoms with E-state index < -0.39 is 0 Å². The first kappa shape index (κ1) is 13.5. The minimum atomic E-state index is 0.194. The van der Waals surface area contributed by atoms with Crippen LogP contribution in [0.25, 0.3) is 0 Å². The minimum absolute atomic E-state index is 0.194. The van der Waals surface area contributed by atoms with E-state index in [0.717, 1.165) is 12.8 Å². The van der Waals surface area contributed by atoms with E-state index in [1.807, 2.05) is 14.1 Å². The largest absolute Gasteiger partial charge is 0.349 e. The van der Waals surface area contributed by atoms with Gasteiger partial charge in [0.05, 0.1) is 0 Å². The number of carbonyl (C=O) groups excluding carboxylic acids is 1. The van der Waals surface area contributed by atoms with Crippen molar-refractivity contribution >= 4 is 5.91 Å². The van der Waals surface area contributed by atoms with E-state index in [0.29, 0.717) is 11.8 Å². The summed E-state index contributed by atoms with van der Waals surface area (Å²) in [5, 5.41) is 0. The first-order valence-electron chi connectivity index (χ1n) is 5.61. The van der Waals surface area contributed by atoms with Gasteiger partial charge in [-0.2, -0.15) is 0 Å². The van der Waals surface area contributed by atoms with Crippen LogP contribution in [0.1, 0.15) is 40.5 Å². The summed E-state index contributed by atoms with van der Waals surface area (Å²) in [4.78, 5) is 13.6. The maximum atomic E-state index is 11.9. The van der Waals surface area contributed by atoms with Gasteiger partial charge in [-0.15, -0.1) is 0 Å². The molecule has 0 spiro atoms. The molecule has 0 saturated carbocycles. The number of amides is 1. The van der Waals surface area contributed by atoms with Crippen LogP contribution < -0.4 is 0 Å². The molecule has 2 nitrogen and oxygen atoms in total. The molecular formula is C12H25NO. The predicted molar refractivity (Wildman–Crippen MR) is 61.1 cm³/mol. The van der Waals surface area contributed by atoms with Crippen molar-refractivity contribution in [2.75, 3.05) is 14.1 Å². The zero-order chi connectivity index (χ0) is 11.3. The van der Waals surface area contributed by atoms with Crippen LogP contribution in [0.2, 0.25) is 0 Å². The van der Waals surface area contributed by atoms with Crippen molar-refractivity contribution in [3.05, 3.63) is 0 Å². The van der Waals surface area contributed by atoms with Gasteiger partial charge in [-0.1, -0.05) is 34.1 Å². The Balaban J connectivity index is 4.37. The molecule has 0 N–H and O–H groups in total. The lowest BCUT2D eigenvalue weighted by Crippen LogP contribution is -2.33. The number of hydrogen-bond acceptors (Lipinski definition) is 1. The molecule has 0 bridgehead atoms. The van der Waals surface area contributed by atoms with Crippen LogP contribution in [-0.2, 0) is 4.79 Å². The molecule has 0 aliphatic rings. The number of rotatable bonds is 5. The lowest BCUT2D eigenvalue weighted by molar-refractivity contribution is -0.135. The molecule has 0 saturated heterocycles. The third kappa shape index (κ3) is 4.12. The molecule has 0 aromatic heterocycles. The number of nitrogens with zero attached hydrogens (tertiary/aromatic N) is 1. The smallest absolute Gasteiger partial charge is 0.225 e. The normalized spacial score (nSPS) is 15.4. The van der Waals surface area contributed by atoms with Crippen LogP contribution in [0, 0.1) is 17.8 Å².